The van der Waals surface area contributed by atoms with Crippen LogP contribution in [0.25, 0.3) is 0 Å². The van der Waals surface area contributed by atoms with Crippen molar-refractivity contribution in [2.24, 2.45) is 5.84 Å². The number of hydrogen-bond donors (Lipinski definition) is 2. The second-order valence-corrected chi connectivity index (χ2v) is 1.89. The van der Waals surface area contributed by atoms with Gasteiger partial charge in [0.05, 0.1) is 0 Å². The monoisotopic (exact) mass is 128 g/mol. The molecule has 0 saturated heterocycles. The van der Waals surface area contributed by atoms with E-state index < -0.39 is 6.09 Å². The maximum absolute atomic E-state index is 10.1. The van der Waals surface area contributed by atoms with E-state index in [1.165, 1.54) is 0 Å². The molecule has 0 aromatic carbocycles. The van der Waals surface area contributed by atoms with E-state index >= 15 is 0 Å². The van der Waals surface area contributed by atoms with Crippen LogP contribution in [0.4, 0.5) is 4.79 Å². The minimum Gasteiger partial charge on any atom is -0.464 e. The zero-order chi connectivity index (χ0) is 6.85. The van der Waals surface area contributed by atoms with Gasteiger partial charge in [-0.2, -0.15) is 0 Å². The summed E-state index contributed by atoms with van der Waals surface area (Å²) >= 11 is 0. The summed E-state index contributed by atoms with van der Waals surface area (Å²) in [6.07, 6.45) is 2.42. The lowest BCUT2D eigenvalue weighted by Gasteiger charge is -2.21. The second-order valence-electron chi connectivity index (χ2n) is 1.89. The Kier molecular flexibility index (Phi) is 1.40. The van der Waals surface area contributed by atoms with Gasteiger partial charge in [-0.25, -0.2) is 15.6 Å². The van der Waals surface area contributed by atoms with Crippen molar-refractivity contribution >= 4 is 6.09 Å². The van der Waals surface area contributed by atoms with Crippen molar-refractivity contribution in [3.8, 4) is 0 Å². The molecule has 3 N–H and O–H groups in total. The molecule has 0 aromatic heterocycles. The molecule has 4 heteroatoms. The molecule has 0 bridgehead atoms. The summed E-state index contributed by atoms with van der Waals surface area (Å²) in [5, 5.41) is 9.03. The molecule has 1 aliphatic carbocycles. The van der Waals surface area contributed by atoms with Crippen molar-refractivity contribution < 1.29 is 9.90 Å². The number of rotatable bonds is 1. The van der Waals surface area contributed by atoms with Crippen molar-refractivity contribution in [3.05, 3.63) is 11.8 Å². The van der Waals surface area contributed by atoms with Gasteiger partial charge < -0.3 is 5.11 Å². The average molecular weight is 128 g/mol. The van der Waals surface area contributed by atoms with Gasteiger partial charge in [-0.15, -0.1) is 0 Å². The molecule has 50 valence electrons. The Morgan fingerprint density at radius 3 is 2.56 bits per heavy atom. The summed E-state index contributed by atoms with van der Waals surface area (Å²) in [5.74, 6) is 5.09. The maximum Gasteiger partial charge on any atom is 0.426 e. The highest BCUT2D eigenvalue weighted by Crippen LogP contribution is 2.18. The molecular weight excluding hydrogens is 120 g/mol. The van der Waals surface area contributed by atoms with E-state index in [1.807, 2.05) is 0 Å². The number of amides is 1. The molecule has 0 spiro atoms. The smallest absolute Gasteiger partial charge is 0.426 e. The molecule has 4 nitrogen and oxygen atoms in total. The summed E-state index contributed by atoms with van der Waals surface area (Å²) in [6.45, 7) is 0. The van der Waals surface area contributed by atoms with Crippen molar-refractivity contribution in [2.75, 3.05) is 0 Å². The summed E-state index contributed by atoms with van der Waals surface area (Å²) < 4.78 is 0. The number of nitrogens with two attached hydrogens (primary N) is 1. The fourth-order valence-corrected chi connectivity index (χ4v) is 0.615. The SMILES string of the molecule is NN(C(=O)O)C1=CCC1. The Labute approximate surface area is 52.5 Å². The maximum atomic E-state index is 10.1. The number of nitrogens with zero attached hydrogens (tertiary/aromatic N) is 1. The van der Waals surface area contributed by atoms with E-state index in [0.29, 0.717) is 5.70 Å². The van der Waals surface area contributed by atoms with Gasteiger partial charge in [0, 0.05) is 5.70 Å². The molecule has 0 aromatic rings. The van der Waals surface area contributed by atoms with Crippen LogP contribution in [-0.2, 0) is 0 Å². The zero-order valence-electron chi connectivity index (χ0n) is 4.87. The molecule has 1 aliphatic rings. The van der Waals surface area contributed by atoms with E-state index in [9.17, 15) is 4.79 Å². The topological polar surface area (TPSA) is 66.6 Å². The van der Waals surface area contributed by atoms with Crippen molar-refractivity contribution in [1.29, 1.82) is 0 Å². The van der Waals surface area contributed by atoms with Gasteiger partial charge in [-0.3, -0.25) is 0 Å². The minimum absolute atomic E-state index is 0.697. The third kappa shape index (κ3) is 1.02. The van der Waals surface area contributed by atoms with Crippen molar-refractivity contribution in [1.82, 2.24) is 5.01 Å². The Hall–Kier alpha value is -1.03. The molecule has 1 rings (SSSR count). The molecule has 0 atom stereocenters. The standard InChI is InChI=1S/C5H8N2O2/c6-7(5(8)9)4-2-1-3-4/h2H,1,3,6H2,(H,8,9). The third-order valence-corrected chi connectivity index (χ3v) is 1.30. The summed E-state index contributed by atoms with van der Waals surface area (Å²) in [6, 6.07) is 0. The number of hydrogen-bond acceptors (Lipinski definition) is 2. The Morgan fingerprint density at radius 1 is 1.89 bits per heavy atom. The second kappa shape index (κ2) is 2.06. The molecule has 1 amide bonds. The Balaban J connectivity index is 2.51. The first-order valence-corrected chi connectivity index (χ1v) is 2.68. The number of allylic oxidation sites excluding steroid dienone is 2. The van der Waals surface area contributed by atoms with Gasteiger partial charge in [0.25, 0.3) is 0 Å². The van der Waals surface area contributed by atoms with Crippen LogP contribution in [0.5, 0.6) is 0 Å². The molecule has 0 aliphatic heterocycles. The highest BCUT2D eigenvalue weighted by Gasteiger charge is 2.16. The van der Waals surface area contributed by atoms with Crippen molar-refractivity contribution in [3.63, 3.8) is 0 Å². The first-order chi connectivity index (χ1) is 4.22. The van der Waals surface area contributed by atoms with E-state index in [1.54, 1.807) is 6.08 Å². The average Bonchev–Trinajstić information content (AvgIpc) is 1.60. The first-order valence-electron chi connectivity index (χ1n) is 2.68. The first kappa shape index (κ1) is 6.10. The van der Waals surface area contributed by atoms with E-state index in [4.69, 9.17) is 10.9 Å². The Morgan fingerprint density at radius 2 is 2.44 bits per heavy atom. The van der Waals surface area contributed by atoms with Gasteiger partial charge in [0.15, 0.2) is 0 Å². The molecule has 0 radical (unpaired) electrons. The van der Waals surface area contributed by atoms with Crippen LogP contribution in [-0.4, -0.2) is 16.2 Å². The predicted molar refractivity (Wildman–Crippen MR) is 31.4 cm³/mol. The molecule has 0 heterocycles. The summed E-state index contributed by atoms with van der Waals surface area (Å²) in [7, 11) is 0. The van der Waals surface area contributed by atoms with Crippen LogP contribution in [0.3, 0.4) is 0 Å². The highest BCUT2D eigenvalue weighted by atomic mass is 16.4. The highest BCUT2D eigenvalue weighted by molar-refractivity contribution is 5.66. The van der Waals surface area contributed by atoms with Gasteiger partial charge >= 0.3 is 6.09 Å². The molecule has 9 heavy (non-hydrogen) atoms. The molecular formula is C5H8N2O2. The third-order valence-electron chi connectivity index (χ3n) is 1.30. The van der Waals surface area contributed by atoms with E-state index in [-0.39, 0.29) is 0 Å². The number of carbonyl (C=O) groups is 1. The summed E-state index contributed by atoms with van der Waals surface area (Å²) in [5.41, 5.74) is 0.697. The van der Waals surface area contributed by atoms with E-state index in [2.05, 4.69) is 0 Å². The fourth-order valence-electron chi connectivity index (χ4n) is 0.615. The van der Waals surface area contributed by atoms with Crippen molar-refractivity contribution in [2.45, 2.75) is 12.8 Å². The lowest BCUT2D eigenvalue weighted by Crippen LogP contribution is -2.36. The van der Waals surface area contributed by atoms with Gasteiger partial charge in [-0.05, 0) is 12.8 Å². The van der Waals surface area contributed by atoms with E-state index in [0.717, 1.165) is 17.9 Å². The van der Waals surface area contributed by atoms with Crippen LogP contribution in [0.2, 0.25) is 0 Å². The number of carboxylic acid groups (broad SMARTS) is 1. The van der Waals surface area contributed by atoms with Crippen LogP contribution in [0.15, 0.2) is 11.8 Å². The quantitative estimate of drug-likeness (QED) is 0.307. The lowest BCUT2D eigenvalue weighted by atomic mass is 10.1. The number of hydrazine groups is 1. The molecule has 0 fully saturated rings. The largest absolute Gasteiger partial charge is 0.464 e. The van der Waals surface area contributed by atoms with Crippen LogP contribution >= 0.6 is 0 Å². The Bertz CT molecular complexity index is 164. The molecule has 0 unspecified atom stereocenters. The zero-order valence-corrected chi connectivity index (χ0v) is 4.87. The van der Waals surface area contributed by atoms with Crippen LogP contribution in [0.1, 0.15) is 12.8 Å². The van der Waals surface area contributed by atoms with Gasteiger partial charge in [0.1, 0.15) is 0 Å². The van der Waals surface area contributed by atoms with Gasteiger partial charge in [0.2, 0.25) is 0 Å². The fraction of sp³-hybridized carbons (Fsp3) is 0.400. The predicted octanol–water partition coefficient (Wildman–Crippen LogP) is 0.518. The van der Waals surface area contributed by atoms with Crippen LogP contribution in [0, 0.1) is 0 Å². The van der Waals surface area contributed by atoms with Gasteiger partial charge in [-0.1, -0.05) is 6.08 Å². The van der Waals surface area contributed by atoms with Crippen LogP contribution < -0.4 is 5.84 Å². The lowest BCUT2D eigenvalue weighted by molar-refractivity contribution is 0.156. The normalized spacial score (nSPS) is 15.9. The molecule has 0 saturated carbocycles. The summed E-state index contributed by atoms with van der Waals surface area (Å²) in [4.78, 5) is 10.1. The minimum atomic E-state index is -1.10.